The van der Waals surface area contributed by atoms with Gasteiger partial charge in [0.25, 0.3) is 0 Å². The molecule has 11 rings (SSSR count). The van der Waals surface area contributed by atoms with Gasteiger partial charge in [0, 0.05) is 48.3 Å². The number of nitrogens with one attached hydrogen (secondary N) is 6. The quantitative estimate of drug-likeness (QED) is 0.170. The zero-order chi connectivity index (χ0) is 37.0. The van der Waals surface area contributed by atoms with Crippen LogP contribution in [-0.2, 0) is 0 Å². The number of hydrogen-bond acceptors (Lipinski definition) is 8. The topological polar surface area (TPSA) is 78.7 Å². The summed E-state index contributed by atoms with van der Waals surface area (Å²) in [4.78, 5) is 6.66. The summed E-state index contributed by atoms with van der Waals surface area (Å²) in [5, 5.41) is 25.9. The van der Waals surface area contributed by atoms with E-state index in [1.54, 1.807) is 0 Å². The lowest BCUT2D eigenvalue weighted by Crippen LogP contribution is -2.71. The highest BCUT2D eigenvalue weighted by Crippen LogP contribution is 2.59. The SMILES string of the molecule is C1CCC(C2NC(C3CCCCN3)CC(N3C4CCCCC4C4C3CCC3C5CCCCC5N(C5CC(C6CCCCN6)NC(C6CCCCC6)N5)C34)N2)CC1. The molecule has 16 unspecified atom stereocenters. The van der Waals surface area contributed by atoms with Gasteiger partial charge in [-0.3, -0.25) is 31.1 Å². The van der Waals surface area contributed by atoms with Crippen molar-refractivity contribution in [3.05, 3.63) is 0 Å². The molecule has 6 aliphatic heterocycles. The second kappa shape index (κ2) is 17.2. The van der Waals surface area contributed by atoms with Gasteiger partial charge in [0.2, 0.25) is 0 Å². The zero-order valence-electron chi connectivity index (χ0n) is 35.5. The second-order valence-corrected chi connectivity index (χ2v) is 22.0. The highest BCUT2D eigenvalue weighted by molar-refractivity contribution is 5.17. The van der Waals surface area contributed by atoms with E-state index in [1.807, 2.05) is 0 Å². The lowest BCUT2D eigenvalue weighted by atomic mass is 9.64. The fourth-order valence-electron chi connectivity index (χ4n) is 17.0. The minimum Gasteiger partial charge on any atom is -0.312 e. The lowest BCUT2D eigenvalue weighted by Gasteiger charge is -2.53. The third kappa shape index (κ3) is 7.32. The molecule has 8 heteroatoms. The van der Waals surface area contributed by atoms with E-state index in [1.165, 1.54) is 193 Å². The minimum atomic E-state index is 0.492. The summed E-state index contributed by atoms with van der Waals surface area (Å²) < 4.78 is 0. The molecule has 0 bridgehead atoms. The molecule has 5 saturated carbocycles. The molecule has 6 N–H and O–H groups in total. The van der Waals surface area contributed by atoms with E-state index < -0.39 is 0 Å². The Morgan fingerprint density at radius 1 is 0.339 bits per heavy atom. The number of rotatable bonds is 6. The lowest BCUT2D eigenvalue weighted by molar-refractivity contribution is -0.0325. The Labute approximate surface area is 342 Å². The third-order valence-electron chi connectivity index (χ3n) is 19.3. The van der Waals surface area contributed by atoms with E-state index in [0.717, 1.165) is 59.7 Å². The van der Waals surface area contributed by atoms with Gasteiger partial charge in [-0.2, -0.15) is 0 Å². The van der Waals surface area contributed by atoms with Gasteiger partial charge in [-0.15, -0.1) is 0 Å². The van der Waals surface area contributed by atoms with Gasteiger partial charge in [-0.05, 0) is 151 Å². The summed E-state index contributed by atoms with van der Waals surface area (Å²) in [6.07, 6.45) is 42.1. The van der Waals surface area contributed by atoms with Crippen LogP contribution in [0.4, 0.5) is 0 Å². The Morgan fingerprint density at radius 3 is 1.41 bits per heavy atom. The third-order valence-corrected chi connectivity index (χ3v) is 19.3. The Morgan fingerprint density at radius 2 is 0.839 bits per heavy atom. The van der Waals surface area contributed by atoms with Crippen molar-refractivity contribution >= 4 is 0 Å². The predicted molar refractivity (Wildman–Crippen MR) is 228 cm³/mol. The van der Waals surface area contributed by atoms with Crippen LogP contribution in [0.15, 0.2) is 0 Å². The van der Waals surface area contributed by atoms with Gasteiger partial charge in [0.05, 0.1) is 24.7 Å². The first-order valence-corrected chi connectivity index (χ1v) is 25.8. The maximum atomic E-state index is 4.56. The van der Waals surface area contributed by atoms with E-state index in [0.29, 0.717) is 48.8 Å². The van der Waals surface area contributed by atoms with Crippen molar-refractivity contribution in [1.29, 1.82) is 0 Å². The molecule has 0 radical (unpaired) electrons. The largest absolute Gasteiger partial charge is 0.312 e. The van der Waals surface area contributed by atoms with Crippen molar-refractivity contribution in [2.45, 2.75) is 253 Å². The van der Waals surface area contributed by atoms with Crippen molar-refractivity contribution in [2.24, 2.45) is 35.5 Å². The number of nitrogens with zero attached hydrogens (tertiary/aromatic N) is 2. The van der Waals surface area contributed by atoms with Crippen LogP contribution in [0.3, 0.4) is 0 Å². The maximum Gasteiger partial charge on any atom is 0.0630 e. The standard InChI is InChI=1S/C48H84N8/c1-3-15-31(16-4-1)47-51-38(36-21-11-13-27-49-36)29-43(53-47)55-41-24-10-8-20-35(41)45-42(55)26-25-34-33-19-7-9-23-40(33)56(46(34)45)44-30-39(37-22-12-14-28-50-37)52-48(54-44)32-17-5-2-6-18-32/h31-54H,1-30H2. The number of hydrogen-bond donors (Lipinski definition) is 6. The van der Waals surface area contributed by atoms with E-state index in [4.69, 9.17) is 0 Å². The van der Waals surface area contributed by atoms with Gasteiger partial charge in [0.1, 0.15) is 0 Å². The summed E-state index contributed by atoms with van der Waals surface area (Å²) in [6.45, 7) is 2.44. The van der Waals surface area contributed by atoms with Crippen molar-refractivity contribution in [2.75, 3.05) is 13.1 Å². The van der Waals surface area contributed by atoms with E-state index >= 15 is 0 Å². The molecule has 0 aromatic heterocycles. The van der Waals surface area contributed by atoms with Crippen molar-refractivity contribution in [3.8, 4) is 0 Å². The average molecular weight is 773 g/mol. The van der Waals surface area contributed by atoms with Crippen LogP contribution in [0.2, 0.25) is 0 Å². The molecule has 0 aromatic rings. The highest BCUT2D eigenvalue weighted by atomic mass is 15.4. The fraction of sp³-hybridized carbons (Fsp3) is 1.00. The van der Waals surface area contributed by atoms with E-state index in [2.05, 4.69) is 41.7 Å². The normalized spacial score (nSPS) is 50.1. The van der Waals surface area contributed by atoms with Gasteiger partial charge >= 0.3 is 0 Å². The number of fused-ring (bicyclic) bond motifs is 7. The van der Waals surface area contributed by atoms with Crippen molar-refractivity contribution in [1.82, 2.24) is 41.7 Å². The average Bonchev–Trinajstić information content (AvgIpc) is 3.80. The summed E-state index contributed by atoms with van der Waals surface area (Å²) in [6, 6.07) is 5.67. The summed E-state index contributed by atoms with van der Waals surface area (Å²) in [5.41, 5.74) is 0. The van der Waals surface area contributed by atoms with Crippen molar-refractivity contribution < 1.29 is 0 Å². The molecule has 0 aromatic carbocycles. The zero-order valence-corrected chi connectivity index (χ0v) is 35.5. The molecule has 56 heavy (non-hydrogen) atoms. The maximum absolute atomic E-state index is 4.56. The minimum absolute atomic E-state index is 0.492. The summed E-state index contributed by atoms with van der Waals surface area (Å²) in [5.74, 6) is 5.23. The molecule has 0 amide bonds. The Hall–Kier alpha value is -0.320. The Bertz CT molecular complexity index is 1220. The molecule has 11 aliphatic rings. The Kier molecular flexibility index (Phi) is 11.9. The van der Waals surface area contributed by atoms with Gasteiger partial charge in [-0.25, -0.2) is 0 Å². The highest BCUT2D eigenvalue weighted by Gasteiger charge is 2.64. The molecular formula is C48H84N8. The molecule has 6 saturated heterocycles. The number of piperidine rings is 2. The molecule has 0 spiro atoms. The predicted octanol–water partition coefficient (Wildman–Crippen LogP) is 7.15. The van der Waals surface area contributed by atoms with Gasteiger partial charge in [-0.1, -0.05) is 77.0 Å². The van der Waals surface area contributed by atoms with Crippen LogP contribution >= 0.6 is 0 Å². The van der Waals surface area contributed by atoms with Crippen LogP contribution in [0.5, 0.6) is 0 Å². The molecule has 6 heterocycles. The first-order valence-electron chi connectivity index (χ1n) is 25.8. The molecular weight excluding hydrogens is 689 g/mol. The first kappa shape index (κ1) is 38.6. The molecule has 11 fully saturated rings. The van der Waals surface area contributed by atoms with E-state index in [-0.39, 0.29) is 0 Å². The van der Waals surface area contributed by atoms with Crippen LogP contribution < -0.4 is 31.9 Å². The molecule has 8 nitrogen and oxygen atoms in total. The second-order valence-electron chi connectivity index (χ2n) is 22.0. The van der Waals surface area contributed by atoms with Crippen LogP contribution in [0, 0.1) is 35.5 Å². The monoisotopic (exact) mass is 773 g/mol. The van der Waals surface area contributed by atoms with E-state index in [9.17, 15) is 0 Å². The van der Waals surface area contributed by atoms with Crippen LogP contribution in [-0.4, -0.2) is 95.9 Å². The fourth-order valence-corrected chi connectivity index (χ4v) is 17.0. The van der Waals surface area contributed by atoms with Crippen molar-refractivity contribution in [3.63, 3.8) is 0 Å². The number of likely N-dealkylation sites (tertiary alicyclic amines) is 2. The Balaban J connectivity index is 0.923. The van der Waals surface area contributed by atoms with Gasteiger partial charge in [0.15, 0.2) is 0 Å². The smallest absolute Gasteiger partial charge is 0.0630 e. The summed E-state index contributed by atoms with van der Waals surface area (Å²) >= 11 is 0. The molecule has 16 atom stereocenters. The molecule has 5 aliphatic carbocycles. The summed E-state index contributed by atoms with van der Waals surface area (Å²) in [7, 11) is 0. The molecule has 316 valence electrons. The van der Waals surface area contributed by atoms with Crippen LogP contribution in [0.1, 0.15) is 180 Å². The van der Waals surface area contributed by atoms with Crippen LogP contribution in [0.25, 0.3) is 0 Å². The van der Waals surface area contributed by atoms with Gasteiger partial charge < -0.3 is 10.6 Å². The first-order chi connectivity index (χ1) is 27.8.